The van der Waals surface area contributed by atoms with Gasteiger partial charge in [-0.2, -0.15) is 0 Å². The summed E-state index contributed by atoms with van der Waals surface area (Å²) in [5.74, 6) is 1.18. The second kappa shape index (κ2) is 4.65. The first kappa shape index (κ1) is 10.6. The fraction of sp³-hybridized carbons (Fsp3) is 0.636. The lowest BCUT2D eigenvalue weighted by molar-refractivity contribution is 0.338. The molecular formula is C11H20OSi. The van der Waals surface area contributed by atoms with E-state index >= 15 is 0 Å². The topological polar surface area (TPSA) is 9.23 Å². The quantitative estimate of drug-likeness (QED) is 0.485. The smallest absolute Gasteiger partial charge is 0.219 e. The fourth-order valence-corrected chi connectivity index (χ4v) is 2.98. The first-order valence-electron chi connectivity index (χ1n) is 5.19. The van der Waals surface area contributed by atoms with E-state index in [9.17, 15) is 0 Å². The lowest BCUT2D eigenvalue weighted by Gasteiger charge is -2.21. The summed E-state index contributed by atoms with van der Waals surface area (Å²) in [5, 5.41) is 0. The van der Waals surface area contributed by atoms with E-state index in [0.29, 0.717) is 0 Å². The molecule has 1 aliphatic rings. The lowest BCUT2D eigenvalue weighted by Crippen LogP contribution is -2.13. The predicted octanol–water partition coefficient (Wildman–Crippen LogP) is 2.79. The zero-order valence-electron chi connectivity index (χ0n) is 8.97. The molecule has 0 aromatic carbocycles. The fourth-order valence-electron chi connectivity index (χ4n) is 1.44. The van der Waals surface area contributed by atoms with E-state index in [0.717, 1.165) is 0 Å². The van der Waals surface area contributed by atoms with Crippen molar-refractivity contribution in [2.24, 2.45) is 5.41 Å². The summed E-state index contributed by atoms with van der Waals surface area (Å²) in [6, 6.07) is 1.31. The molecule has 0 amide bonds. The molecule has 0 fully saturated rings. The Morgan fingerprint density at radius 2 is 2.23 bits per heavy atom. The Bertz CT molecular complexity index is 216. The van der Waals surface area contributed by atoms with Gasteiger partial charge in [-0.1, -0.05) is 31.9 Å². The van der Waals surface area contributed by atoms with Gasteiger partial charge in [0.2, 0.25) is 9.76 Å². The summed E-state index contributed by atoms with van der Waals surface area (Å²) in [4.78, 5) is 0. The number of hydrogen-bond acceptors (Lipinski definition) is 1. The van der Waals surface area contributed by atoms with Gasteiger partial charge in [0.25, 0.3) is 0 Å². The second-order valence-electron chi connectivity index (χ2n) is 4.17. The number of hydrogen-bond donors (Lipinski definition) is 0. The van der Waals surface area contributed by atoms with E-state index < -0.39 is 0 Å². The van der Waals surface area contributed by atoms with E-state index in [-0.39, 0.29) is 15.2 Å². The Morgan fingerprint density at radius 3 is 2.77 bits per heavy atom. The molecule has 0 heterocycles. The molecule has 0 saturated heterocycles. The van der Waals surface area contributed by atoms with Crippen molar-refractivity contribution in [2.75, 3.05) is 0 Å². The van der Waals surface area contributed by atoms with Crippen molar-refractivity contribution in [1.82, 2.24) is 0 Å². The lowest BCUT2D eigenvalue weighted by atomic mass is 9.94. The van der Waals surface area contributed by atoms with E-state index in [1.165, 1.54) is 24.6 Å². The molecule has 13 heavy (non-hydrogen) atoms. The van der Waals surface area contributed by atoms with Crippen LogP contribution >= 0.6 is 0 Å². The van der Waals surface area contributed by atoms with Gasteiger partial charge in [-0.3, -0.25) is 0 Å². The van der Waals surface area contributed by atoms with Gasteiger partial charge in [-0.15, -0.1) is 0 Å². The minimum atomic E-state index is -0.306. The molecule has 0 radical (unpaired) electrons. The van der Waals surface area contributed by atoms with Crippen molar-refractivity contribution in [3.05, 3.63) is 24.0 Å². The van der Waals surface area contributed by atoms with E-state index in [1.54, 1.807) is 0 Å². The van der Waals surface area contributed by atoms with Gasteiger partial charge in [0.05, 0.1) is 5.76 Å². The van der Waals surface area contributed by atoms with Crippen LogP contribution in [0.5, 0.6) is 0 Å². The van der Waals surface area contributed by atoms with Crippen LogP contribution in [0.1, 0.15) is 33.6 Å². The Hall–Kier alpha value is -0.503. The minimum absolute atomic E-state index is 0.152. The molecule has 0 aromatic rings. The van der Waals surface area contributed by atoms with Crippen molar-refractivity contribution in [1.29, 1.82) is 0 Å². The van der Waals surface area contributed by atoms with Gasteiger partial charge in [0.1, 0.15) is 0 Å². The largest absolute Gasteiger partial charge is 0.552 e. The van der Waals surface area contributed by atoms with Crippen molar-refractivity contribution >= 4 is 9.76 Å². The minimum Gasteiger partial charge on any atom is -0.552 e. The number of allylic oxidation sites excluding steroid dienone is 3. The van der Waals surface area contributed by atoms with Crippen molar-refractivity contribution in [3.63, 3.8) is 0 Å². The molecule has 0 saturated carbocycles. The average Bonchev–Trinajstić information content (AvgIpc) is 2.40. The zero-order valence-corrected chi connectivity index (χ0v) is 10.4. The molecule has 1 nitrogen and oxygen atoms in total. The molecule has 0 unspecified atom stereocenters. The SMILES string of the molecule is CCCC[SiH2]OC1=CC=CC1(C)C. The molecule has 1 rings (SSSR count). The zero-order chi connectivity index (χ0) is 9.73. The van der Waals surface area contributed by atoms with Crippen LogP contribution in [0, 0.1) is 5.41 Å². The summed E-state index contributed by atoms with van der Waals surface area (Å²) in [5.41, 5.74) is 0.152. The van der Waals surface area contributed by atoms with Crippen LogP contribution in [0.4, 0.5) is 0 Å². The molecule has 0 bridgehead atoms. The van der Waals surface area contributed by atoms with Crippen LogP contribution in [-0.4, -0.2) is 9.76 Å². The van der Waals surface area contributed by atoms with Crippen molar-refractivity contribution in [2.45, 2.75) is 39.7 Å². The monoisotopic (exact) mass is 196 g/mol. The van der Waals surface area contributed by atoms with Gasteiger partial charge in [-0.05, 0) is 26.0 Å². The molecule has 0 spiro atoms. The average molecular weight is 196 g/mol. The van der Waals surface area contributed by atoms with Crippen LogP contribution in [0.2, 0.25) is 6.04 Å². The molecule has 1 aliphatic carbocycles. The van der Waals surface area contributed by atoms with Crippen LogP contribution in [-0.2, 0) is 4.43 Å². The summed E-state index contributed by atoms with van der Waals surface area (Å²) in [7, 11) is -0.306. The maximum atomic E-state index is 5.86. The Morgan fingerprint density at radius 1 is 1.46 bits per heavy atom. The van der Waals surface area contributed by atoms with Gasteiger partial charge in [-0.25, -0.2) is 0 Å². The van der Waals surface area contributed by atoms with E-state index in [4.69, 9.17) is 4.43 Å². The summed E-state index contributed by atoms with van der Waals surface area (Å²) >= 11 is 0. The first-order chi connectivity index (χ1) is 6.17. The van der Waals surface area contributed by atoms with Gasteiger partial charge in [0.15, 0.2) is 0 Å². The Kier molecular flexibility index (Phi) is 3.79. The van der Waals surface area contributed by atoms with Gasteiger partial charge < -0.3 is 4.43 Å². The first-order valence-corrected chi connectivity index (χ1v) is 6.77. The third-order valence-corrected chi connectivity index (χ3v) is 3.70. The highest BCUT2D eigenvalue weighted by atomic mass is 28.2. The number of unbranched alkanes of at least 4 members (excludes halogenated alkanes) is 1. The van der Waals surface area contributed by atoms with Crippen molar-refractivity contribution < 1.29 is 4.43 Å². The van der Waals surface area contributed by atoms with E-state index in [1.807, 2.05) is 0 Å². The molecule has 0 atom stereocenters. The molecular weight excluding hydrogens is 176 g/mol. The molecule has 0 N–H and O–H groups in total. The maximum Gasteiger partial charge on any atom is 0.219 e. The van der Waals surface area contributed by atoms with Crippen LogP contribution in [0.3, 0.4) is 0 Å². The highest BCUT2D eigenvalue weighted by Gasteiger charge is 2.23. The van der Waals surface area contributed by atoms with Gasteiger partial charge >= 0.3 is 0 Å². The summed E-state index contributed by atoms with van der Waals surface area (Å²) < 4.78 is 5.86. The second-order valence-corrected chi connectivity index (χ2v) is 5.57. The third-order valence-electron chi connectivity index (χ3n) is 2.40. The predicted molar refractivity (Wildman–Crippen MR) is 60.3 cm³/mol. The summed E-state index contributed by atoms with van der Waals surface area (Å²) in [6.45, 7) is 6.64. The maximum absolute atomic E-state index is 5.86. The third kappa shape index (κ3) is 3.03. The van der Waals surface area contributed by atoms with Crippen LogP contribution in [0.25, 0.3) is 0 Å². The normalized spacial score (nSPS) is 19.8. The molecule has 74 valence electrons. The number of rotatable bonds is 5. The van der Waals surface area contributed by atoms with Crippen LogP contribution in [0.15, 0.2) is 24.0 Å². The molecule has 2 heteroatoms. The standard InChI is InChI=1S/C11H20OSi/c1-4-5-9-13-12-10-7-6-8-11(10,2)3/h6-8H,4-5,9,13H2,1-3H3. The molecule has 0 aliphatic heterocycles. The van der Waals surface area contributed by atoms with Crippen molar-refractivity contribution in [3.8, 4) is 0 Å². The Labute approximate surface area is 83.8 Å². The summed E-state index contributed by atoms with van der Waals surface area (Å²) in [6.07, 6.45) is 9.03. The highest BCUT2D eigenvalue weighted by molar-refractivity contribution is 6.27. The van der Waals surface area contributed by atoms with Crippen LogP contribution < -0.4 is 0 Å². The Balaban J connectivity index is 2.23. The van der Waals surface area contributed by atoms with Gasteiger partial charge in [0, 0.05) is 5.41 Å². The van der Waals surface area contributed by atoms with E-state index in [2.05, 4.69) is 39.0 Å². The molecule has 0 aromatic heterocycles. The highest BCUT2D eigenvalue weighted by Crippen LogP contribution is 2.32.